The maximum absolute atomic E-state index is 8.88. The molecule has 0 aliphatic rings. The first-order chi connectivity index (χ1) is 2.00. The summed E-state index contributed by atoms with van der Waals surface area (Å²) < 4.78 is 8.88. The van der Waals surface area contributed by atoms with Crippen LogP contribution in [-0.2, 0) is 21.3 Å². The van der Waals surface area contributed by atoms with Crippen molar-refractivity contribution in [1.29, 1.82) is 0 Å². The third-order valence-corrected chi connectivity index (χ3v) is 0. The fraction of sp³-hybridized carbons (Fsp3) is 0. The van der Waals surface area contributed by atoms with Gasteiger partial charge in [0.15, 0.2) is 0 Å². The smallest absolute Gasteiger partial charge is 0.303 e. The molecule has 3 N–H and O–H groups in total. The van der Waals surface area contributed by atoms with E-state index in [-0.39, 0.29) is 39.8 Å². The van der Waals surface area contributed by atoms with Gasteiger partial charge in [0.05, 0.1) is 0 Å². The fourth-order valence-corrected chi connectivity index (χ4v) is 0. The predicted molar refractivity (Wildman–Crippen MR) is 22.8 cm³/mol. The van der Waals surface area contributed by atoms with Crippen LogP contribution >= 0.6 is 7.82 Å². The maximum atomic E-state index is 8.88. The summed E-state index contributed by atoms with van der Waals surface area (Å²) in [6.07, 6.45) is 0. The van der Waals surface area contributed by atoms with Crippen molar-refractivity contribution in [3.05, 3.63) is 0 Å². The first kappa shape index (κ1) is 15.8. The summed E-state index contributed by atoms with van der Waals surface area (Å²) in [4.78, 5) is 21.6. The second-order valence-electron chi connectivity index (χ2n) is 0.513. The van der Waals surface area contributed by atoms with Gasteiger partial charge in [0.2, 0.25) is 0 Å². The molecule has 0 aliphatic carbocycles. The molecule has 0 saturated carbocycles. The van der Waals surface area contributed by atoms with Crippen molar-refractivity contribution in [1.82, 2.24) is 0 Å². The minimum atomic E-state index is -4.64. The van der Waals surface area contributed by atoms with E-state index in [2.05, 4.69) is 0 Å². The van der Waals surface area contributed by atoms with E-state index in [1.165, 1.54) is 0 Å². The first-order valence-corrected chi connectivity index (χ1v) is 2.35. The molecule has 0 bridgehead atoms. The van der Waals surface area contributed by atoms with E-state index >= 15 is 0 Å². The van der Waals surface area contributed by atoms with Crippen molar-refractivity contribution in [3.63, 3.8) is 0 Å². The molecule has 0 aliphatic heterocycles. The fourth-order valence-electron chi connectivity index (χ4n) is 0. The molecule has 0 aromatic rings. The number of phosphoric acid groups is 1. The van der Waals surface area contributed by atoms with Crippen molar-refractivity contribution in [3.8, 4) is 0 Å². The van der Waals surface area contributed by atoms with Gasteiger partial charge in [-0.05, 0) is 0 Å². The van der Waals surface area contributed by atoms with Gasteiger partial charge in [-0.2, -0.15) is 0 Å². The zero-order chi connectivity index (χ0) is 4.50. The van der Waals surface area contributed by atoms with Gasteiger partial charge in [-0.3, -0.25) is 0 Å². The quantitative estimate of drug-likeness (QED) is 0.304. The van der Waals surface area contributed by atoms with Gasteiger partial charge >= 0.3 is 30.9 Å². The van der Waals surface area contributed by atoms with E-state index in [1.54, 1.807) is 0 Å². The molecule has 0 rings (SSSR count). The molecule has 0 unspecified atom stereocenters. The molecule has 45 valence electrons. The molecule has 0 saturated heterocycles. The summed E-state index contributed by atoms with van der Waals surface area (Å²) in [5.74, 6) is 0. The van der Waals surface area contributed by atoms with Crippen LogP contribution in [0.4, 0.5) is 0 Å². The van der Waals surface area contributed by atoms with E-state index in [0.717, 1.165) is 0 Å². The summed E-state index contributed by atoms with van der Waals surface area (Å²) in [6.45, 7) is 0. The second kappa shape index (κ2) is 5.52. The van der Waals surface area contributed by atoms with Gasteiger partial charge in [0.1, 0.15) is 0 Å². The van der Waals surface area contributed by atoms with E-state index in [4.69, 9.17) is 19.2 Å². The van der Waals surface area contributed by atoms with Crippen molar-refractivity contribution >= 4 is 30.9 Å². The molecule has 0 spiro atoms. The van der Waals surface area contributed by atoms with Gasteiger partial charge < -0.3 is 14.7 Å². The van der Waals surface area contributed by atoms with Gasteiger partial charge in [-0.25, -0.2) is 4.57 Å². The van der Waals surface area contributed by atoms with Crippen molar-refractivity contribution in [2.45, 2.75) is 0 Å². The Morgan fingerprint density at radius 1 is 1.14 bits per heavy atom. The average molecular weight is 183 g/mol. The first-order valence-electron chi connectivity index (χ1n) is 0.783. The van der Waals surface area contributed by atoms with Gasteiger partial charge in [0, 0.05) is 16.8 Å². The topological polar surface area (TPSA) is 77.8 Å². The number of hydrogen-bond acceptors (Lipinski definition) is 1. The molecule has 0 aromatic carbocycles. The van der Waals surface area contributed by atoms with E-state index in [1.807, 2.05) is 0 Å². The SMILES string of the molecule is O=P(O)(O)O.[Co].[MgH2]. The summed E-state index contributed by atoms with van der Waals surface area (Å²) in [7, 11) is -4.64. The predicted octanol–water partition coefficient (Wildman–Crippen LogP) is -1.85. The van der Waals surface area contributed by atoms with Crippen LogP contribution in [0.3, 0.4) is 0 Å². The van der Waals surface area contributed by atoms with E-state index in [9.17, 15) is 0 Å². The molecule has 4 nitrogen and oxygen atoms in total. The number of rotatable bonds is 0. The molecular weight excluding hydrogens is 178 g/mol. The van der Waals surface area contributed by atoms with Gasteiger partial charge in [-0.1, -0.05) is 0 Å². The molecule has 7 heavy (non-hydrogen) atoms. The Kier molecular flexibility index (Phi) is 12.4. The van der Waals surface area contributed by atoms with Crippen LogP contribution in [0.5, 0.6) is 0 Å². The number of hydrogen-bond donors (Lipinski definition) is 3. The normalized spacial score (nSPS) is 8.43. The van der Waals surface area contributed by atoms with Crippen molar-refractivity contribution in [2.75, 3.05) is 0 Å². The summed E-state index contributed by atoms with van der Waals surface area (Å²) in [6, 6.07) is 0. The summed E-state index contributed by atoms with van der Waals surface area (Å²) in [5, 5.41) is 0. The molecule has 0 fully saturated rings. The summed E-state index contributed by atoms with van der Waals surface area (Å²) >= 11 is 0. The molecule has 0 atom stereocenters. The van der Waals surface area contributed by atoms with Crippen molar-refractivity contribution < 1.29 is 36.0 Å². The molecular formula is H5CoMgO4P. The zero-order valence-electron chi connectivity index (χ0n) is 2.53. The van der Waals surface area contributed by atoms with Crippen LogP contribution in [0, 0.1) is 0 Å². The third kappa shape index (κ3) is 112. The minimum absolute atomic E-state index is 0. The monoisotopic (exact) mass is 183 g/mol. The Morgan fingerprint density at radius 3 is 1.14 bits per heavy atom. The Labute approximate surface area is 66.9 Å². The molecule has 0 amide bonds. The Balaban J connectivity index is -0.0000000800. The zero-order valence-corrected chi connectivity index (χ0v) is 4.47. The largest absolute Gasteiger partial charge is 0.466 e. The van der Waals surface area contributed by atoms with Gasteiger partial charge in [0.25, 0.3) is 0 Å². The Hall–Kier alpha value is 1.38. The second-order valence-corrected chi connectivity index (χ2v) is 1.54. The van der Waals surface area contributed by atoms with Crippen LogP contribution in [0.1, 0.15) is 0 Å². The Morgan fingerprint density at radius 2 is 1.14 bits per heavy atom. The summed E-state index contributed by atoms with van der Waals surface area (Å²) in [5.41, 5.74) is 0. The van der Waals surface area contributed by atoms with E-state index < -0.39 is 7.82 Å². The third-order valence-electron chi connectivity index (χ3n) is 0. The molecule has 0 aromatic heterocycles. The Bertz CT molecular complexity index is 57.8. The minimum Gasteiger partial charge on any atom is -0.303 e. The van der Waals surface area contributed by atoms with Crippen LogP contribution < -0.4 is 0 Å². The molecule has 7 heteroatoms. The van der Waals surface area contributed by atoms with Crippen LogP contribution in [0.25, 0.3) is 0 Å². The molecule has 0 heterocycles. The van der Waals surface area contributed by atoms with E-state index in [0.29, 0.717) is 0 Å². The van der Waals surface area contributed by atoms with Crippen LogP contribution in [0.2, 0.25) is 0 Å². The van der Waals surface area contributed by atoms with Crippen LogP contribution in [-0.4, -0.2) is 37.7 Å². The average Bonchev–Trinajstić information content (AvgIpc) is 0.722. The maximum Gasteiger partial charge on any atom is 0.466 e. The van der Waals surface area contributed by atoms with Crippen LogP contribution in [0.15, 0.2) is 0 Å². The molecule has 1 radical (unpaired) electrons. The van der Waals surface area contributed by atoms with Gasteiger partial charge in [-0.15, -0.1) is 0 Å². The standard InChI is InChI=1S/Co.Mg.H3O4P.2H/c;;1-5(2,3)4;;/h;;(H3,1,2,3,4);;. The van der Waals surface area contributed by atoms with Crippen molar-refractivity contribution in [2.24, 2.45) is 0 Å².